The van der Waals surface area contributed by atoms with Crippen molar-refractivity contribution >= 4 is 43.3 Å². The smallest absolute Gasteiger partial charge is 0.162 e. The first-order valence-corrected chi connectivity index (χ1v) is 14.8. The van der Waals surface area contributed by atoms with Crippen LogP contribution in [0.2, 0.25) is 0 Å². The summed E-state index contributed by atoms with van der Waals surface area (Å²) in [6.45, 7) is 8.64. The Morgan fingerprint density at radius 3 is 2.52 bits per heavy atom. The van der Waals surface area contributed by atoms with Gasteiger partial charge in [-0.15, -0.1) is 0 Å². The number of benzene rings is 3. The van der Waals surface area contributed by atoms with Gasteiger partial charge in [-0.1, -0.05) is 65.7 Å². The van der Waals surface area contributed by atoms with Crippen molar-refractivity contribution in [3.63, 3.8) is 0 Å². The van der Waals surface area contributed by atoms with Gasteiger partial charge in [0.2, 0.25) is 0 Å². The number of ketones is 1. The van der Waals surface area contributed by atoms with Crippen LogP contribution in [0.25, 0.3) is 0 Å². The summed E-state index contributed by atoms with van der Waals surface area (Å²) in [5.41, 5.74) is 13.3. The van der Waals surface area contributed by atoms with Gasteiger partial charge in [0.05, 0.1) is 22.0 Å². The van der Waals surface area contributed by atoms with E-state index in [1.54, 1.807) is 0 Å². The molecule has 1 atom stereocenters. The number of halogens is 2. The number of Topliss-reactive ketones (excluding diaryl/α,β-unsaturated/α-hetero) is 1. The van der Waals surface area contributed by atoms with Gasteiger partial charge in [-0.25, -0.2) is 0 Å². The third-order valence-corrected chi connectivity index (χ3v) is 8.83. The number of carbonyl (C=O) groups excluding carboxylic acids is 1. The molecule has 5 rings (SSSR count). The summed E-state index contributed by atoms with van der Waals surface area (Å²) in [5.74, 6) is 0.628. The molecule has 1 unspecified atom stereocenters. The predicted octanol–water partition coefficient (Wildman–Crippen LogP) is 8.35. The molecule has 1 heterocycles. The summed E-state index contributed by atoms with van der Waals surface area (Å²) in [6, 6.07) is 22.1. The normalized spacial score (nSPS) is 18.5. The second kappa shape index (κ2) is 10.9. The molecule has 204 valence electrons. The van der Waals surface area contributed by atoms with Crippen molar-refractivity contribution < 1.29 is 9.53 Å². The van der Waals surface area contributed by atoms with Crippen LogP contribution in [0.1, 0.15) is 54.9 Å². The molecule has 40 heavy (non-hydrogen) atoms. The van der Waals surface area contributed by atoms with Gasteiger partial charge in [0.15, 0.2) is 5.78 Å². The highest BCUT2D eigenvalue weighted by Gasteiger charge is 2.45. The van der Waals surface area contributed by atoms with Gasteiger partial charge in [-0.2, -0.15) is 5.26 Å². The maximum Gasteiger partial charge on any atom is 0.162 e. The number of carbonyl (C=O) groups is 1. The van der Waals surface area contributed by atoms with Crippen LogP contribution in [0, 0.1) is 30.6 Å². The van der Waals surface area contributed by atoms with Crippen molar-refractivity contribution in [2.75, 3.05) is 4.90 Å². The van der Waals surface area contributed by atoms with Crippen LogP contribution in [0.3, 0.4) is 0 Å². The van der Waals surface area contributed by atoms with E-state index in [-0.39, 0.29) is 11.2 Å². The number of nitriles is 1. The molecule has 5 nitrogen and oxygen atoms in total. The molecule has 0 fully saturated rings. The lowest BCUT2D eigenvalue weighted by Crippen LogP contribution is -2.42. The molecule has 0 amide bonds. The lowest BCUT2D eigenvalue weighted by molar-refractivity contribution is -0.118. The van der Waals surface area contributed by atoms with Crippen molar-refractivity contribution in [2.45, 2.75) is 53.1 Å². The Balaban J connectivity index is 1.68. The molecular weight excluding hydrogens is 630 g/mol. The van der Waals surface area contributed by atoms with Crippen molar-refractivity contribution in [1.29, 1.82) is 5.26 Å². The van der Waals surface area contributed by atoms with Crippen LogP contribution in [-0.2, 0) is 11.4 Å². The number of anilines is 1. The standard InChI is InChI=1S/C33H31Br2N3O2/c1-19-12-21(18-40-29-11-6-5-10-26(29)35)20(2)24(13-19)30-25(17-36)32(37)38(23-9-7-8-22(34)14-23)27-15-33(3,4)16-28(39)31(27)30/h5-14,30H,15-16,18,37H2,1-4H3. The lowest BCUT2D eigenvalue weighted by atomic mass is 9.68. The molecule has 1 aliphatic heterocycles. The zero-order valence-corrected chi connectivity index (χ0v) is 26.2. The van der Waals surface area contributed by atoms with Gasteiger partial charge in [0.1, 0.15) is 18.2 Å². The molecular formula is C33H31Br2N3O2. The minimum atomic E-state index is -0.547. The number of hydrogen-bond donors (Lipinski definition) is 1. The summed E-state index contributed by atoms with van der Waals surface area (Å²) < 4.78 is 7.95. The number of allylic oxidation sites excluding steroid dienone is 3. The van der Waals surface area contributed by atoms with E-state index in [9.17, 15) is 10.1 Å². The maximum absolute atomic E-state index is 14.0. The summed E-state index contributed by atoms with van der Waals surface area (Å²) >= 11 is 7.12. The predicted molar refractivity (Wildman–Crippen MR) is 166 cm³/mol. The Bertz CT molecular complexity index is 1630. The van der Waals surface area contributed by atoms with E-state index in [4.69, 9.17) is 10.5 Å². The Morgan fingerprint density at radius 1 is 1.07 bits per heavy atom. The van der Waals surface area contributed by atoms with Gasteiger partial charge >= 0.3 is 0 Å². The van der Waals surface area contributed by atoms with Crippen molar-refractivity contribution in [3.8, 4) is 11.8 Å². The number of ether oxygens (including phenoxy) is 1. The van der Waals surface area contributed by atoms with E-state index in [1.165, 1.54) is 0 Å². The average Bonchev–Trinajstić information content (AvgIpc) is 2.88. The fraction of sp³-hybridized carbons (Fsp3) is 0.273. The molecule has 2 aliphatic rings. The fourth-order valence-electron chi connectivity index (χ4n) is 5.86. The highest BCUT2D eigenvalue weighted by atomic mass is 79.9. The first-order valence-electron chi connectivity index (χ1n) is 13.2. The lowest BCUT2D eigenvalue weighted by Gasteiger charge is -2.44. The summed E-state index contributed by atoms with van der Waals surface area (Å²) in [6.07, 6.45) is 1.08. The topological polar surface area (TPSA) is 79.3 Å². The Labute approximate surface area is 252 Å². The monoisotopic (exact) mass is 659 g/mol. The van der Waals surface area contributed by atoms with Gasteiger partial charge < -0.3 is 10.5 Å². The third-order valence-electron chi connectivity index (χ3n) is 7.68. The molecule has 0 aromatic heterocycles. The van der Waals surface area contributed by atoms with Gasteiger partial charge in [0.25, 0.3) is 0 Å². The van der Waals surface area contributed by atoms with Crippen LogP contribution in [-0.4, -0.2) is 5.78 Å². The Kier molecular flexibility index (Phi) is 7.69. The number of nitrogens with zero attached hydrogens (tertiary/aromatic N) is 2. The molecule has 1 aliphatic carbocycles. The molecule has 0 spiro atoms. The minimum Gasteiger partial charge on any atom is -0.488 e. The number of nitrogens with two attached hydrogens (primary N) is 1. The number of rotatable bonds is 5. The Morgan fingerprint density at radius 2 is 1.82 bits per heavy atom. The summed E-state index contributed by atoms with van der Waals surface area (Å²) in [5, 5.41) is 10.5. The quantitative estimate of drug-likeness (QED) is 0.298. The van der Waals surface area contributed by atoms with Crippen LogP contribution in [0.15, 0.2) is 92.3 Å². The van der Waals surface area contributed by atoms with Gasteiger partial charge in [0, 0.05) is 27.9 Å². The van der Waals surface area contributed by atoms with Crippen LogP contribution in [0.4, 0.5) is 5.69 Å². The molecule has 0 saturated heterocycles. The van der Waals surface area contributed by atoms with E-state index >= 15 is 0 Å². The minimum absolute atomic E-state index is 0.0587. The molecule has 2 N–H and O–H groups in total. The zero-order valence-electron chi connectivity index (χ0n) is 23.0. The molecule has 3 aromatic rings. The van der Waals surface area contributed by atoms with E-state index in [1.807, 2.05) is 67.3 Å². The van der Waals surface area contributed by atoms with Crippen molar-refractivity contribution in [3.05, 3.63) is 115 Å². The molecule has 0 bridgehead atoms. The zero-order chi connectivity index (χ0) is 28.8. The van der Waals surface area contributed by atoms with Crippen molar-refractivity contribution in [2.24, 2.45) is 11.1 Å². The largest absolute Gasteiger partial charge is 0.488 e. The third kappa shape index (κ3) is 5.23. The van der Waals surface area contributed by atoms with Crippen LogP contribution < -0.4 is 15.4 Å². The Hall–Kier alpha value is -3.34. The number of hydrogen-bond acceptors (Lipinski definition) is 5. The van der Waals surface area contributed by atoms with E-state index in [0.29, 0.717) is 36.4 Å². The summed E-state index contributed by atoms with van der Waals surface area (Å²) in [4.78, 5) is 15.9. The van der Waals surface area contributed by atoms with Crippen LogP contribution >= 0.6 is 31.9 Å². The van der Waals surface area contributed by atoms with E-state index in [2.05, 4.69) is 63.9 Å². The van der Waals surface area contributed by atoms with E-state index < -0.39 is 5.92 Å². The molecule has 0 radical (unpaired) electrons. The maximum atomic E-state index is 14.0. The summed E-state index contributed by atoms with van der Waals surface area (Å²) in [7, 11) is 0. The molecule has 7 heteroatoms. The molecule has 3 aromatic carbocycles. The average molecular weight is 661 g/mol. The van der Waals surface area contributed by atoms with Gasteiger partial charge in [-0.3, -0.25) is 9.69 Å². The first-order chi connectivity index (χ1) is 19.0. The SMILES string of the molecule is Cc1cc(COc2ccccc2Br)c(C)c(C2C(C#N)=C(N)N(c3cccc(Br)c3)C3=C2C(=O)CC(C)(C)C3)c1. The van der Waals surface area contributed by atoms with Crippen LogP contribution in [0.5, 0.6) is 5.75 Å². The second-order valence-electron chi connectivity index (χ2n) is 11.3. The number of para-hydroxylation sites is 1. The molecule has 0 saturated carbocycles. The van der Waals surface area contributed by atoms with Gasteiger partial charge in [-0.05, 0) is 88.6 Å². The highest BCUT2D eigenvalue weighted by molar-refractivity contribution is 9.10. The number of aryl methyl sites for hydroxylation is 1. The first kappa shape index (κ1) is 28.2. The van der Waals surface area contributed by atoms with Crippen molar-refractivity contribution in [1.82, 2.24) is 0 Å². The second-order valence-corrected chi connectivity index (χ2v) is 13.1. The van der Waals surface area contributed by atoms with E-state index in [0.717, 1.165) is 48.3 Å². The fourth-order valence-corrected chi connectivity index (χ4v) is 6.65. The highest BCUT2D eigenvalue weighted by Crippen LogP contribution is 2.51.